The van der Waals surface area contributed by atoms with Gasteiger partial charge < -0.3 is 15.4 Å². The zero-order valence-corrected chi connectivity index (χ0v) is 16.8. The van der Waals surface area contributed by atoms with Crippen LogP contribution in [-0.2, 0) is 9.59 Å². The number of hydrogen-bond acceptors (Lipinski definition) is 5. The van der Waals surface area contributed by atoms with Gasteiger partial charge in [0.05, 0.1) is 13.7 Å². The highest BCUT2D eigenvalue weighted by Gasteiger charge is 2.27. The van der Waals surface area contributed by atoms with Crippen LogP contribution in [0.2, 0.25) is 0 Å². The van der Waals surface area contributed by atoms with Crippen molar-refractivity contribution in [1.82, 2.24) is 15.5 Å². The van der Waals surface area contributed by atoms with Gasteiger partial charge in [-0.05, 0) is 43.8 Å². The van der Waals surface area contributed by atoms with Crippen molar-refractivity contribution < 1.29 is 19.1 Å². The number of carbonyl (C=O) groups is 3. The van der Waals surface area contributed by atoms with E-state index in [0.717, 1.165) is 0 Å². The molecule has 2 aromatic rings. The Labute approximate surface area is 170 Å². The molecule has 0 bridgehead atoms. The quantitative estimate of drug-likeness (QED) is 0.633. The van der Waals surface area contributed by atoms with E-state index < -0.39 is 18.0 Å². The maximum absolute atomic E-state index is 12.7. The average Bonchev–Trinajstić information content (AvgIpc) is 2.69. The summed E-state index contributed by atoms with van der Waals surface area (Å²) in [5.74, 6) is -0.113. The summed E-state index contributed by atoms with van der Waals surface area (Å²) in [5, 5.41) is 7.63. The van der Waals surface area contributed by atoms with Gasteiger partial charge in [-0.1, -0.05) is 30.3 Å². The molecule has 0 aromatic heterocycles. The zero-order chi connectivity index (χ0) is 21.2. The van der Waals surface area contributed by atoms with E-state index in [1.807, 2.05) is 6.07 Å². The fourth-order valence-corrected chi connectivity index (χ4v) is 2.82. The second-order valence-electron chi connectivity index (χ2n) is 6.35. The van der Waals surface area contributed by atoms with Crippen LogP contribution in [0.5, 0.6) is 5.75 Å². The Morgan fingerprint density at radius 3 is 2.28 bits per heavy atom. The van der Waals surface area contributed by atoms with Crippen molar-refractivity contribution in [3.63, 3.8) is 0 Å². The highest BCUT2D eigenvalue weighted by Crippen LogP contribution is 2.20. The standard InChI is InChI=1S/C21H26N4O4/c1-4-22-21(28)24-20(27)19(15-8-6-5-7-9-15)25(2)14-18(26)23-16-10-12-17(29-3)13-11-16/h5-13,19H,4,14H2,1-3H3,(H,23,26)(H2,22,24,27,28)/t19-/m0/s1. The molecule has 0 saturated heterocycles. The first kappa shape index (κ1) is 21.9. The van der Waals surface area contributed by atoms with E-state index in [0.29, 0.717) is 23.5 Å². The Balaban J connectivity index is 2.09. The minimum Gasteiger partial charge on any atom is -0.497 e. The third-order valence-corrected chi connectivity index (χ3v) is 4.15. The topological polar surface area (TPSA) is 99.8 Å². The zero-order valence-electron chi connectivity index (χ0n) is 16.8. The first-order valence-electron chi connectivity index (χ1n) is 9.22. The van der Waals surface area contributed by atoms with Crippen LogP contribution in [-0.4, -0.2) is 50.0 Å². The number of imide groups is 1. The lowest BCUT2D eigenvalue weighted by molar-refractivity contribution is -0.126. The van der Waals surface area contributed by atoms with Crippen molar-refractivity contribution in [2.75, 3.05) is 32.6 Å². The van der Waals surface area contributed by atoms with Crippen LogP contribution in [0, 0.1) is 0 Å². The molecule has 0 saturated carbocycles. The number of nitrogens with zero attached hydrogens (tertiary/aromatic N) is 1. The molecule has 3 N–H and O–H groups in total. The molecular formula is C21H26N4O4. The summed E-state index contributed by atoms with van der Waals surface area (Å²) in [7, 11) is 3.22. The van der Waals surface area contributed by atoms with Gasteiger partial charge in [-0.3, -0.25) is 19.8 Å². The molecule has 2 rings (SSSR count). The van der Waals surface area contributed by atoms with Crippen LogP contribution in [0.25, 0.3) is 0 Å². The molecule has 154 valence electrons. The van der Waals surface area contributed by atoms with Crippen LogP contribution in [0.4, 0.5) is 10.5 Å². The largest absolute Gasteiger partial charge is 0.497 e. The first-order chi connectivity index (χ1) is 13.9. The molecule has 0 fully saturated rings. The monoisotopic (exact) mass is 398 g/mol. The lowest BCUT2D eigenvalue weighted by atomic mass is 10.0. The Hall–Kier alpha value is -3.39. The number of nitrogens with one attached hydrogen (secondary N) is 3. The van der Waals surface area contributed by atoms with Crippen molar-refractivity contribution in [1.29, 1.82) is 0 Å². The Morgan fingerprint density at radius 1 is 1.03 bits per heavy atom. The Bertz CT molecular complexity index is 824. The van der Waals surface area contributed by atoms with Gasteiger partial charge in [0.15, 0.2) is 0 Å². The summed E-state index contributed by atoms with van der Waals surface area (Å²) in [6.07, 6.45) is 0. The predicted octanol–water partition coefficient (Wildman–Crippen LogP) is 2.15. The summed E-state index contributed by atoms with van der Waals surface area (Å²) in [6, 6.07) is 14.5. The third-order valence-electron chi connectivity index (χ3n) is 4.15. The second kappa shape index (κ2) is 10.8. The molecule has 0 heterocycles. The van der Waals surface area contributed by atoms with Gasteiger partial charge in [0.25, 0.3) is 0 Å². The van der Waals surface area contributed by atoms with Crippen LogP contribution in [0.15, 0.2) is 54.6 Å². The van der Waals surface area contributed by atoms with Crippen molar-refractivity contribution >= 4 is 23.5 Å². The molecular weight excluding hydrogens is 372 g/mol. The maximum atomic E-state index is 12.7. The number of benzene rings is 2. The lowest BCUT2D eigenvalue weighted by Gasteiger charge is -2.26. The lowest BCUT2D eigenvalue weighted by Crippen LogP contribution is -2.46. The van der Waals surface area contributed by atoms with E-state index >= 15 is 0 Å². The molecule has 2 aromatic carbocycles. The van der Waals surface area contributed by atoms with Gasteiger partial charge in [-0.15, -0.1) is 0 Å². The van der Waals surface area contributed by atoms with Gasteiger partial charge in [0, 0.05) is 12.2 Å². The molecule has 0 aliphatic carbocycles. The highest BCUT2D eigenvalue weighted by molar-refractivity contribution is 5.98. The summed E-state index contributed by atoms with van der Waals surface area (Å²) < 4.78 is 5.10. The number of carbonyl (C=O) groups excluding carboxylic acids is 3. The minimum atomic E-state index is -0.805. The average molecular weight is 398 g/mol. The number of hydrogen-bond donors (Lipinski definition) is 3. The maximum Gasteiger partial charge on any atom is 0.321 e. The fourth-order valence-electron chi connectivity index (χ4n) is 2.82. The van der Waals surface area contributed by atoms with Crippen molar-refractivity contribution in [2.45, 2.75) is 13.0 Å². The fraction of sp³-hybridized carbons (Fsp3) is 0.286. The first-order valence-corrected chi connectivity index (χ1v) is 9.22. The molecule has 1 atom stereocenters. The van der Waals surface area contributed by atoms with Crippen molar-refractivity contribution in [2.24, 2.45) is 0 Å². The van der Waals surface area contributed by atoms with Crippen molar-refractivity contribution in [3.8, 4) is 5.75 Å². The molecule has 0 radical (unpaired) electrons. The van der Waals surface area contributed by atoms with E-state index in [1.165, 1.54) is 0 Å². The van der Waals surface area contributed by atoms with E-state index in [9.17, 15) is 14.4 Å². The van der Waals surface area contributed by atoms with E-state index in [2.05, 4.69) is 16.0 Å². The van der Waals surface area contributed by atoms with Crippen LogP contribution in [0.3, 0.4) is 0 Å². The number of amides is 4. The normalized spacial score (nSPS) is 11.4. The molecule has 0 spiro atoms. The number of urea groups is 1. The molecule has 29 heavy (non-hydrogen) atoms. The summed E-state index contributed by atoms with van der Waals surface area (Å²) in [4.78, 5) is 38.5. The Kier molecular flexibility index (Phi) is 8.17. The molecule has 0 aliphatic rings. The number of ether oxygens (including phenoxy) is 1. The van der Waals surface area contributed by atoms with Crippen LogP contribution >= 0.6 is 0 Å². The molecule has 0 unspecified atom stereocenters. The van der Waals surface area contributed by atoms with E-state index in [-0.39, 0.29) is 12.5 Å². The molecule has 4 amide bonds. The Morgan fingerprint density at radius 2 is 1.69 bits per heavy atom. The predicted molar refractivity (Wildman–Crippen MR) is 111 cm³/mol. The number of anilines is 1. The van der Waals surface area contributed by atoms with Gasteiger partial charge in [0.1, 0.15) is 11.8 Å². The summed E-state index contributed by atoms with van der Waals surface area (Å²) >= 11 is 0. The molecule has 0 aliphatic heterocycles. The third kappa shape index (κ3) is 6.62. The van der Waals surface area contributed by atoms with Crippen molar-refractivity contribution in [3.05, 3.63) is 60.2 Å². The van der Waals surface area contributed by atoms with Gasteiger partial charge >= 0.3 is 6.03 Å². The number of likely N-dealkylation sites (N-methyl/N-ethyl adjacent to an activating group) is 1. The van der Waals surface area contributed by atoms with Gasteiger partial charge in [-0.2, -0.15) is 0 Å². The highest BCUT2D eigenvalue weighted by atomic mass is 16.5. The smallest absolute Gasteiger partial charge is 0.321 e. The van der Waals surface area contributed by atoms with Crippen LogP contribution in [0.1, 0.15) is 18.5 Å². The van der Waals surface area contributed by atoms with E-state index in [4.69, 9.17) is 4.74 Å². The molecule has 8 nitrogen and oxygen atoms in total. The SMILES string of the molecule is CCNC(=O)NC(=O)[C@H](c1ccccc1)N(C)CC(=O)Nc1ccc(OC)cc1. The minimum absolute atomic E-state index is 0.0472. The molecule has 8 heteroatoms. The van der Waals surface area contributed by atoms with E-state index in [1.54, 1.807) is 74.5 Å². The second-order valence-corrected chi connectivity index (χ2v) is 6.35. The van der Waals surface area contributed by atoms with Gasteiger partial charge in [0.2, 0.25) is 11.8 Å². The van der Waals surface area contributed by atoms with Gasteiger partial charge in [-0.25, -0.2) is 4.79 Å². The number of rotatable bonds is 8. The van der Waals surface area contributed by atoms with Crippen LogP contribution < -0.4 is 20.7 Å². The summed E-state index contributed by atoms with van der Waals surface area (Å²) in [6.45, 7) is 2.11. The number of methoxy groups -OCH3 is 1. The summed E-state index contributed by atoms with van der Waals surface area (Å²) in [5.41, 5.74) is 1.29.